The molecule has 0 aliphatic carbocycles. The molecule has 2 atom stereocenters. The Bertz CT molecular complexity index is 408. The summed E-state index contributed by atoms with van der Waals surface area (Å²) in [4.78, 5) is 10.1. The molecule has 17 heavy (non-hydrogen) atoms. The van der Waals surface area contributed by atoms with E-state index in [0.29, 0.717) is 0 Å². The van der Waals surface area contributed by atoms with Crippen molar-refractivity contribution in [2.75, 3.05) is 6.61 Å². The molecule has 94 valence electrons. The molecule has 0 saturated heterocycles. The first-order valence-electron chi connectivity index (χ1n) is 4.87. The van der Waals surface area contributed by atoms with Crippen LogP contribution in [-0.2, 0) is 6.61 Å². The zero-order chi connectivity index (χ0) is 13.0. The maximum absolute atomic E-state index is 10.8. The largest absolute Gasteiger partial charge is 0.394 e. The highest BCUT2D eigenvalue weighted by Crippen LogP contribution is 2.30. The summed E-state index contributed by atoms with van der Waals surface area (Å²) in [5.74, 6) is 0. The van der Waals surface area contributed by atoms with Crippen molar-refractivity contribution in [2.45, 2.75) is 18.8 Å². The third-order valence-corrected chi connectivity index (χ3v) is 2.39. The quantitative estimate of drug-likeness (QED) is 0.407. The van der Waals surface area contributed by atoms with Gasteiger partial charge in [0.15, 0.2) is 0 Å². The lowest BCUT2D eigenvalue weighted by molar-refractivity contribution is -0.386. The lowest BCUT2D eigenvalue weighted by Gasteiger charge is -2.18. The minimum Gasteiger partial charge on any atom is -0.394 e. The fourth-order valence-electron chi connectivity index (χ4n) is 1.53. The molecule has 2 unspecified atom stereocenters. The van der Waals surface area contributed by atoms with Gasteiger partial charge in [0.1, 0.15) is 12.2 Å². The second kappa shape index (κ2) is 5.69. The van der Waals surface area contributed by atoms with E-state index in [0.717, 1.165) is 6.07 Å². The first kappa shape index (κ1) is 13.5. The van der Waals surface area contributed by atoms with Gasteiger partial charge in [-0.15, -0.1) is 0 Å². The summed E-state index contributed by atoms with van der Waals surface area (Å²) in [6.07, 6.45) is -3.16. The van der Waals surface area contributed by atoms with Crippen LogP contribution < -0.4 is 0 Å². The highest BCUT2D eigenvalue weighted by molar-refractivity contribution is 5.47. The van der Waals surface area contributed by atoms with E-state index in [9.17, 15) is 20.3 Å². The second-order valence-electron chi connectivity index (χ2n) is 3.46. The maximum atomic E-state index is 10.8. The second-order valence-corrected chi connectivity index (χ2v) is 3.46. The molecule has 0 spiro atoms. The molecule has 0 aromatic heterocycles. The van der Waals surface area contributed by atoms with Crippen molar-refractivity contribution in [1.82, 2.24) is 0 Å². The summed E-state index contributed by atoms with van der Waals surface area (Å²) in [5, 5.41) is 47.5. The van der Waals surface area contributed by atoms with Crippen LogP contribution in [0.4, 0.5) is 5.69 Å². The van der Waals surface area contributed by atoms with E-state index >= 15 is 0 Å². The average molecular weight is 243 g/mol. The predicted octanol–water partition coefficient (Wildman–Crippen LogP) is -0.526. The summed E-state index contributed by atoms with van der Waals surface area (Å²) in [6.45, 7) is -1.25. The van der Waals surface area contributed by atoms with Gasteiger partial charge in [0.05, 0.1) is 23.7 Å². The van der Waals surface area contributed by atoms with Crippen LogP contribution in [0.5, 0.6) is 0 Å². The van der Waals surface area contributed by atoms with Crippen LogP contribution in [0.3, 0.4) is 0 Å². The summed E-state index contributed by atoms with van der Waals surface area (Å²) in [6, 6.07) is 3.92. The molecule has 7 nitrogen and oxygen atoms in total. The highest BCUT2D eigenvalue weighted by atomic mass is 16.6. The minimum atomic E-state index is -1.62. The van der Waals surface area contributed by atoms with Gasteiger partial charge in [-0.3, -0.25) is 10.1 Å². The van der Waals surface area contributed by atoms with Gasteiger partial charge in [-0.05, 0) is 5.56 Å². The van der Waals surface area contributed by atoms with Crippen molar-refractivity contribution in [3.05, 3.63) is 39.4 Å². The first-order chi connectivity index (χ1) is 8.02. The van der Waals surface area contributed by atoms with E-state index in [1.165, 1.54) is 12.1 Å². The number of nitro benzene ring substituents is 1. The number of aliphatic hydroxyl groups excluding tert-OH is 4. The van der Waals surface area contributed by atoms with Gasteiger partial charge in [0.25, 0.3) is 5.69 Å². The molecule has 0 saturated carbocycles. The number of aliphatic hydroxyl groups is 4. The van der Waals surface area contributed by atoms with E-state index in [2.05, 4.69) is 0 Å². The Balaban J connectivity index is 3.31. The molecule has 7 heteroatoms. The van der Waals surface area contributed by atoms with Crippen molar-refractivity contribution in [3.63, 3.8) is 0 Å². The molecular formula is C10H13NO6. The minimum absolute atomic E-state index is 0.138. The molecule has 0 aliphatic heterocycles. The van der Waals surface area contributed by atoms with Gasteiger partial charge in [-0.25, -0.2) is 0 Å². The molecule has 0 amide bonds. The number of hydrogen-bond acceptors (Lipinski definition) is 6. The monoisotopic (exact) mass is 243 g/mol. The van der Waals surface area contributed by atoms with Crippen LogP contribution in [0, 0.1) is 10.1 Å². The predicted molar refractivity (Wildman–Crippen MR) is 57.1 cm³/mol. The number of nitro groups is 1. The van der Waals surface area contributed by atoms with Crippen LogP contribution in [0.15, 0.2) is 18.2 Å². The standard InChI is InChI=1S/C10H13NO6/c12-4-6-2-1-3-7(11(16)17)9(6)10(15)8(14)5-13/h1-3,8,10,12-15H,4-5H2. The summed E-state index contributed by atoms with van der Waals surface area (Å²) < 4.78 is 0. The molecule has 0 radical (unpaired) electrons. The Labute approximate surface area is 96.7 Å². The fourth-order valence-corrected chi connectivity index (χ4v) is 1.53. The van der Waals surface area contributed by atoms with Crippen LogP contribution >= 0.6 is 0 Å². The van der Waals surface area contributed by atoms with Crippen molar-refractivity contribution in [2.24, 2.45) is 0 Å². The Morgan fingerprint density at radius 2 is 1.94 bits per heavy atom. The molecule has 0 fully saturated rings. The molecular weight excluding hydrogens is 230 g/mol. The summed E-state index contributed by atoms with van der Waals surface area (Å²) in [5.41, 5.74) is -0.447. The van der Waals surface area contributed by atoms with Crippen molar-refractivity contribution in [1.29, 1.82) is 0 Å². The van der Waals surface area contributed by atoms with Gasteiger partial charge in [-0.2, -0.15) is 0 Å². The van der Waals surface area contributed by atoms with Gasteiger partial charge in [0, 0.05) is 6.07 Å². The van der Waals surface area contributed by atoms with Gasteiger partial charge >= 0.3 is 0 Å². The molecule has 1 aromatic carbocycles. The van der Waals surface area contributed by atoms with Crippen LogP contribution in [-0.4, -0.2) is 38.1 Å². The zero-order valence-electron chi connectivity index (χ0n) is 8.85. The maximum Gasteiger partial charge on any atom is 0.275 e. The molecule has 0 heterocycles. The normalized spacial score (nSPS) is 14.4. The Hall–Kier alpha value is -1.54. The molecule has 1 aromatic rings. The number of nitrogens with zero attached hydrogens (tertiary/aromatic N) is 1. The number of hydrogen-bond donors (Lipinski definition) is 4. The third kappa shape index (κ3) is 2.77. The van der Waals surface area contributed by atoms with Crippen LogP contribution in [0.2, 0.25) is 0 Å². The molecule has 1 rings (SSSR count). The van der Waals surface area contributed by atoms with Crippen LogP contribution in [0.25, 0.3) is 0 Å². The smallest absolute Gasteiger partial charge is 0.275 e. The van der Waals surface area contributed by atoms with Crippen molar-refractivity contribution >= 4 is 5.69 Å². The van der Waals surface area contributed by atoms with E-state index in [-0.39, 0.29) is 11.1 Å². The van der Waals surface area contributed by atoms with Crippen molar-refractivity contribution < 1.29 is 25.3 Å². The van der Waals surface area contributed by atoms with Crippen molar-refractivity contribution in [3.8, 4) is 0 Å². The molecule has 4 N–H and O–H groups in total. The zero-order valence-corrected chi connectivity index (χ0v) is 8.85. The lowest BCUT2D eigenvalue weighted by Crippen LogP contribution is -2.24. The molecule has 0 aliphatic rings. The highest BCUT2D eigenvalue weighted by Gasteiger charge is 2.28. The molecule has 0 bridgehead atoms. The SMILES string of the molecule is O=[N+]([O-])c1cccc(CO)c1C(O)C(O)CO. The number of benzene rings is 1. The van der Waals surface area contributed by atoms with E-state index in [4.69, 9.17) is 10.2 Å². The van der Waals surface area contributed by atoms with Gasteiger partial charge in [-0.1, -0.05) is 12.1 Å². The van der Waals surface area contributed by atoms with Gasteiger partial charge < -0.3 is 20.4 Å². The fraction of sp³-hybridized carbons (Fsp3) is 0.400. The van der Waals surface area contributed by atoms with Crippen LogP contribution in [0.1, 0.15) is 17.2 Å². The Kier molecular flexibility index (Phi) is 4.53. The first-order valence-corrected chi connectivity index (χ1v) is 4.87. The van der Waals surface area contributed by atoms with E-state index in [1.54, 1.807) is 0 Å². The third-order valence-electron chi connectivity index (χ3n) is 2.39. The summed E-state index contributed by atoms with van der Waals surface area (Å²) >= 11 is 0. The summed E-state index contributed by atoms with van der Waals surface area (Å²) in [7, 11) is 0. The van der Waals surface area contributed by atoms with E-state index < -0.39 is 36.0 Å². The Morgan fingerprint density at radius 3 is 2.41 bits per heavy atom. The average Bonchev–Trinajstić information content (AvgIpc) is 2.35. The van der Waals surface area contributed by atoms with E-state index in [1.807, 2.05) is 0 Å². The lowest BCUT2D eigenvalue weighted by atomic mass is 9.97. The Morgan fingerprint density at radius 1 is 1.29 bits per heavy atom. The number of rotatable bonds is 5. The van der Waals surface area contributed by atoms with Gasteiger partial charge in [0.2, 0.25) is 0 Å². The topological polar surface area (TPSA) is 124 Å².